The lowest BCUT2D eigenvalue weighted by Crippen LogP contribution is -2.30. The van der Waals surface area contributed by atoms with Crippen molar-refractivity contribution >= 4 is 17.9 Å². The number of rotatable bonds is 51. The first-order valence-electron chi connectivity index (χ1n) is 28.6. The van der Waals surface area contributed by atoms with Gasteiger partial charge in [0.15, 0.2) is 6.10 Å². The van der Waals surface area contributed by atoms with E-state index in [-0.39, 0.29) is 31.1 Å². The molecule has 0 aliphatic heterocycles. The Morgan fingerprint density at radius 3 is 0.812 bits per heavy atom. The van der Waals surface area contributed by atoms with E-state index in [2.05, 4.69) is 41.5 Å². The third-order valence-corrected chi connectivity index (χ3v) is 13.5. The van der Waals surface area contributed by atoms with Gasteiger partial charge in [0.25, 0.3) is 0 Å². The van der Waals surface area contributed by atoms with E-state index in [1.165, 1.54) is 199 Å². The zero-order valence-electron chi connectivity index (χ0n) is 44.1. The SMILES string of the molecule is CCC(C)CCCCCCCCCCCCCCCCC(=O)O[C@H](COC(=O)CCCCCCCCCCCCCCC(C)C)COC(=O)CCCCCCCCCCCCC(C)C. The lowest BCUT2D eigenvalue weighted by Gasteiger charge is -2.18. The number of hydrogen-bond donors (Lipinski definition) is 0. The molecular formula is C58H112O6. The van der Waals surface area contributed by atoms with Gasteiger partial charge in [0, 0.05) is 19.3 Å². The minimum Gasteiger partial charge on any atom is -0.462 e. The summed E-state index contributed by atoms with van der Waals surface area (Å²) in [7, 11) is 0. The van der Waals surface area contributed by atoms with E-state index >= 15 is 0 Å². The minimum atomic E-state index is -0.763. The Balaban J connectivity index is 4.31. The molecule has 0 spiro atoms. The molecule has 380 valence electrons. The number of ether oxygens (including phenoxy) is 3. The van der Waals surface area contributed by atoms with Crippen LogP contribution in [0.1, 0.15) is 318 Å². The quantitative estimate of drug-likeness (QED) is 0.0344. The first-order valence-corrected chi connectivity index (χ1v) is 28.6. The topological polar surface area (TPSA) is 78.9 Å². The molecule has 0 aromatic heterocycles. The number of carbonyl (C=O) groups is 3. The largest absolute Gasteiger partial charge is 0.462 e. The maximum atomic E-state index is 12.9. The third-order valence-electron chi connectivity index (χ3n) is 13.5. The summed E-state index contributed by atoms with van der Waals surface area (Å²) in [5, 5.41) is 0. The molecule has 0 aromatic carbocycles. The highest BCUT2D eigenvalue weighted by Gasteiger charge is 2.19. The molecule has 0 saturated heterocycles. The van der Waals surface area contributed by atoms with Gasteiger partial charge in [0.1, 0.15) is 13.2 Å². The number of hydrogen-bond acceptors (Lipinski definition) is 6. The van der Waals surface area contributed by atoms with E-state index in [1.807, 2.05) is 0 Å². The normalized spacial score (nSPS) is 12.6. The van der Waals surface area contributed by atoms with Gasteiger partial charge in [-0.25, -0.2) is 0 Å². The van der Waals surface area contributed by atoms with Crippen LogP contribution in [0.25, 0.3) is 0 Å². The van der Waals surface area contributed by atoms with E-state index in [0.717, 1.165) is 75.5 Å². The Kier molecular flexibility index (Phi) is 48.1. The van der Waals surface area contributed by atoms with Crippen LogP contribution >= 0.6 is 0 Å². The van der Waals surface area contributed by atoms with Crippen molar-refractivity contribution in [3.63, 3.8) is 0 Å². The number of carbonyl (C=O) groups excluding carboxylic acids is 3. The van der Waals surface area contributed by atoms with Crippen LogP contribution in [-0.4, -0.2) is 37.2 Å². The summed E-state index contributed by atoms with van der Waals surface area (Å²) < 4.78 is 16.9. The maximum Gasteiger partial charge on any atom is 0.306 e. The second kappa shape index (κ2) is 49.3. The standard InChI is InChI=1S/C58H112O6/c1-7-54(6)46-40-34-28-22-15-10-8-9-11-17-25-31-37-43-49-58(61)64-55(51-63-57(60)48-42-36-30-24-19-18-21-27-33-39-45-53(4)5)50-62-56(59)47-41-35-29-23-16-13-12-14-20-26-32-38-44-52(2)3/h52-55H,7-51H2,1-6H3/t54?,55-/m1/s1. The van der Waals surface area contributed by atoms with E-state index in [1.54, 1.807) is 0 Å². The molecule has 0 amide bonds. The average molecular weight is 906 g/mol. The van der Waals surface area contributed by atoms with Gasteiger partial charge in [-0.15, -0.1) is 0 Å². The highest BCUT2D eigenvalue weighted by Crippen LogP contribution is 2.19. The van der Waals surface area contributed by atoms with Crippen molar-refractivity contribution in [2.24, 2.45) is 17.8 Å². The fourth-order valence-corrected chi connectivity index (χ4v) is 8.79. The van der Waals surface area contributed by atoms with Crippen LogP contribution in [0.2, 0.25) is 0 Å². The highest BCUT2D eigenvalue weighted by molar-refractivity contribution is 5.71. The predicted molar refractivity (Wildman–Crippen MR) is 275 cm³/mol. The molecule has 6 nitrogen and oxygen atoms in total. The number of esters is 3. The fraction of sp³-hybridized carbons (Fsp3) is 0.948. The molecule has 0 saturated carbocycles. The van der Waals surface area contributed by atoms with Crippen LogP contribution < -0.4 is 0 Å². The van der Waals surface area contributed by atoms with Crippen LogP contribution in [0.3, 0.4) is 0 Å². The summed E-state index contributed by atoms with van der Waals surface area (Å²) >= 11 is 0. The second-order valence-electron chi connectivity index (χ2n) is 21.1. The summed E-state index contributed by atoms with van der Waals surface area (Å²) in [6.07, 6.45) is 50.8. The van der Waals surface area contributed by atoms with Gasteiger partial charge in [-0.05, 0) is 37.0 Å². The van der Waals surface area contributed by atoms with E-state index in [0.29, 0.717) is 19.3 Å². The molecule has 0 aliphatic rings. The van der Waals surface area contributed by atoms with Crippen LogP contribution in [0.5, 0.6) is 0 Å². The van der Waals surface area contributed by atoms with Gasteiger partial charge >= 0.3 is 17.9 Å². The van der Waals surface area contributed by atoms with Gasteiger partial charge in [-0.1, -0.05) is 279 Å². The predicted octanol–water partition coefficient (Wildman–Crippen LogP) is 18.7. The molecule has 0 rings (SSSR count). The van der Waals surface area contributed by atoms with Gasteiger partial charge in [0.05, 0.1) is 0 Å². The molecule has 0 aliphatic carbocycles. The third kappa shape index (κ3) is 49.8. The Labute approximate surface area is 399 Å². The monoisotopic (exact) mass is 905 g/mol. The molecule has 0 radical (unpaired) electrons. The molecule has 0 N–H and O–H groups in total. The zero-order valence-corrected chi connectivity index (χ0v) is 44.1. The van der Waals surface area contributed by atoms with Crippen LogP contribution in [0.4, 0.5) is 0 Å². The minimum absolute atomic E-state index is 0.0638. The van der Waals surface area contributed by atoms with Crippen LogP contribution in [0.15, 0.2) is 0 Å². The Morgan fingerprint density at radius 1 is 0.312 bits per heavy atom. The molecule has 2 atom stereocenters. The highest BCUT2D eigenvalue weighted by atomic mass is 16.6. The molecule has 64 heavy (non-hydrogen) atoms. The molecule has 0 fully saturated rings. The zero-order chi connectivity index (χ0) is 47.0. The Hall–Kier alpha value is -1.59. The second-order valence-corrected chi connectivity index (χ2v) is 21.1. The van der Waals surface area contributed by atoms with Crippen molar-refractivity contribution in [2.45, 2.75) is 324 Å². The fourth-order valence-electron chi connectivity index (χ4n) is 8.79. The first kappa shape index (κ1) is 62.4. The van der Waals surface area contributed by atoms with Crippen molar-refractivity contribution in [3.05, 3.63) is 0 Å². The van der Waals surface area contributed by atoms with Crippen LogP contribution in [0, 0.1) is 17.8 Å². The summed E-state index contributed by atoms with van der Waals surface area (Å²) in [6, 6.07) is 0. The van der Waals surface area contributed by atoms with Crippen molar-refractivity contribution in [1.29, 1.82) is 0 Å². The van der Waals surface area contributed by atoms with Gasteiger partial charge in [0.2, 0.25) is 0 Å². The van der Waals surface area contributed by atoms with Crippen LogP contribution in [-0.2, 0) is 28.6 Å². The summed E-state index contributed by atoms with van der Waals surface area (Å²) in [5.74, 6) is 1.70. The van der Waals surface area contributed by atoms with Gasteiger partial charge in [-0.2, -0.15) is 0 Å². The Bertz CT molecular complexity index is 993. The lowest BCUT2D eigenvalue weighted by atomic mass is 9.99. The molecule has 0 aromatic rings. The van der Waals surface area contributed by atoms with Crippen molar-refractivity contribution < 1.29 is 28.6 Å². The number of unbranched alkanes of at least 4 members (excludes halogenated alkanes) is 33. The van der Waals surface area contributed by atoms with E-state index in [9.17, 15) is 14.4 Å². The van der Waals surface area contributed by atoms with Crippen molar-refractivity contribution in [2.75, 3.05) is 13.2 Å². The van der Waals surface area contributed by atoms with E-state index < -0.39 is 6.10 Å². The molecule has 6 heteroatoms. The molecule has 1 unspecified atom stereocenters. The molecular weight excluding hydrogens is 793 g/mol. The van der Waals surface area contributed by atoms with Crippen molar-refractivity contribution in [1.82, 2.24) is 0 Å². The average Bonchev–Trinajstić information content (AvgIpc) is 3.27. The summed E-state index contributed by atoms with van der Waals surface area (Å²) in [6.45, 7) is 13.8. The molecule has 0 heterocycles. The molecule has 0 bridgehead atoms. The van der Waals surface area contributed by atoms with Gasteiger partial charge in [-0.3, -0.25) is 14.4 Å². The first-order chi connectivity index (χ1) is 31.1. The summed E-state index contributed by atoms with van der Waals surface area (Å²) in [4.78, 5) is 38.1. The van der Waals surface area contributed by atoms with Crippen molar-refractivity contribution in [3.8, 4) is 0 Å². The van der Waals surface area contributed by atoms with E-state index in [4.69, 9.17) is 14.2 Å². The lowest BCUT2D eigenvalue weighted by molar-refractivity contribution is -0.167. The van der Waals surface area contributed by atoms with Gasteiger partial charge < -0.3 is 14.2 Å². The Morgan fingerprint density at radius 2 is 0.547 bits per heavy atom. The maximum absolute atomic E-state index is 12.9. The summed E-state index contributed by atoms with van der Waals surface area (Å²) in [5.41, 5.74) is 0. The smallest absolute Gasteiger partial charge is 0.306 e.